The van der Waals surface area contributed by atoms with Crippen LogP contribution in [-0.4, -0.2) is 29.3 Å². The standard InChI is InChI=1S/C11H14ClF3N2O/c1-10(2,18)6-17(3)9-8(12)4-7(5-16-9)11(13,14)15/h4-5,18H,6H2,1-3H3. The van der Waals surface area contributed by atoms with E-state index in [1.807, 2.05) is 0 Å². The third-order valence-corrected chi connectivity index (χ3v) is 2.41. The average molecular weight is 283 g/mol. The number of aliphatic hydroxyl groups is 1. The minimum Gasteiger partial charge on any atom is -0.389 e. The molecular weight excluding hydrogens is 269 g/mol. The van der Waals surface area contributed by atoms with Gasteiger partial charge in [0.25, 0.3) is 0 Å². The van der Waals surface area contributed by atoms with E-state index in [2.05, 4.69) is 4.98 Å². The Morgan fingerprint density at radius 2 is 1.94 bits per heavy atom. The van der Waals surface area contributed by atoms with Crippen LogP contribution >= 0.6 is 11.6 Å². The molecule has 0 aliphatic rings. The summed E-state index contributed by atoms with van der Waals surface area (Å²) in [5, 5.41) is 9.53. The molecule has 0 spiro atoms. The lowest BCUT2D eigenvalue weighted by molar-refractivity contribution is -0.137. The molecule has 0 aliphatic heterocycles. The average Bonchev–Trinajstić information content (AvgIpc) is 2.12. The van der Waals surface area contributed by atoms with Gasteiger partial charge in [0.05, 0.1) is 16.2 Å². The molecule has 1 aromatic heterocycles. The molecule has 0 saturated heterocycles. The molecule has 0 fully saturated rings. The van der Waals surface area contributed by atoms with Gasteiger partial charge in [-0.1, -0.05) is 11.6 Å². The Morgan fingerprint density at radius 1 is 1.39 bits per heavy atom. The van der Waals surface area contributed by atoms with Crippen LogP contribution in [0.15, 0.2) is 12.3 Å². The first-order valence-corrected chi connectivity index (χ1v) is 5.55. The fraction of sp³-hybridized carbons (Fsp3) is 0.545. The number of hydrogen-bond donors (Lipinski definition) is 1. The molecule has 1 heterocycles. The van der Waals surface area contributed by atoms with E-state index in [0.29, 0.717) is 0 Å². The molecule has 102 valence electrons. The van der Waals surface area contributed by atoms with Crippen molar-refractivity contribution < 1.29 is 18.3 Å². The van der Waals surface area contributed by atoms with Gasteiger partial charge in [-0.05, 0) is 19.9 Å². The van der Waals surface area contributed by atoms with Crippen molar-refractivity contribution in [2.75, 3.05) is 18.5 Å². The van der Waals surface area contributed by atoms with Crippen molar-refractivity contribution in [1.82, 2.24) is 4.98 Å². The Hall–Kier alpha value is -1.01. The van der Waals surface area contributed by atoms with Gasteiger partial charge in [-0.2, -0.15) is 13.2 Å². The van der Waals surface area contributed by atoms with E-state index >= 15 is 0 Å². The first-order chi connectivity index (χ1) is 8.00. The minimum absolute atomic E-state index is 0.100. The molecular formula is C11H14ClF3N2O. The Labute approximate surface area is 108 Å². The van der Waals surface area contributed by atoms with Gasteiger partial charge in [0.15, 0.2) is 0 Å². The number of pyridine rings is 1. The Morgan fingerprint density at radius 3 is 2.33 bits per heavy atom. The predicted octanol–water partition coefficient (Wildman–Crippen LogP) is 2.96. The third kappa shape index (κ3) is 4.03. The summed E-state index contributed by atoms with van der Waals surface area (Å²) in [6.07, 6.45) is -3.74. The molecule has 1 rings (SSSR count). The molecule has 0 atom stereocenters. The summed E-state index contributed by atoms with van der Waals surface area (Å²) in [5.74, 6) is 0.201. The topological polar surface area (TPSA) is 36.4 Å². The van der Waals surface area contributed by atoms with Crippen LogP contribution in [0.25, 0.3) is 0 Å². The lowest BCUT2D eigenvalue weighted by Gasteiger charge is -2.27. The van der Waals surface area contributed by atoms with Crippen LogP contribution in [0.2, 0.25) is 5.02 Å². The summed E-state index contributed by atoms with van der Waals surface area (Å²) >= 11 is 5.77. The molecule has 0 aliphatic carbocycles. The first-order valence-electron chi connectivity index (χ1n) is 5.17. The molecule has 0 radical (unpaired) electrons. The molecule has 0 saturated carbocycles. The number of hydrogen-bond acceptors (Lipinski definition) is 3. The molecule has 1 aromatic rings. The van der Waals surface area contributed by atoms with E-state index in [-0.39, 0.29) is 17.4 Å². The lowest BCUT2D eigenvalue weighted by Crippen LogP contribution is -2.36. The Bertz CT molecular complexity index is 429. The van der Waals surface area contributed by atoms with Crippen molar-refractivity contribution in [2.45, 2.75) is 25.6 Å². The first kappa shape index (κ1) is 15.0. The third-order valence-electron chi connectivity index (χ3n) is 2.13. The number of nitrogens with zero attached hydrogens (tertiary/aromatic N) is 2. The lowest BCUT2D eigenvalue weighted by atomic mass is 10.1. The monoisotopic (exact) mass is 282 g/mol. The molecule has 0 amide bonds. The summed E-state index contributed by atoms with van der Waals surface area (Å²) < 4.78 is 37.3. The summed E-state index contributed by atoms with van der Waals surface area (Å²) in [5.41, 5.74) is -1.89. The Kier molecular flexibility index (Phi) is 4.12. The van der Waals surface area contributed by atoms with Crippen LogP contribution in [0.3, 0.4) is 0 Å². The van der Waals surface area contributed by atoms with Gasteiger partial charge in [-0.15, -0.1) is 0 Å². The molecule has 1 N–H and O–H groups in total. The number of rotatable bonds is 3. The van der Waals surface area contributed by atoms with Crippen molar-refractivity contribution in [3.05, 3.63) is 22.8 Å². The van der Waals surface area contributed by atoms with Crippen LogP contribution < -0.4 is 4.90 Å². The molecule has 0 unspecified atom stereocenters. The SMILES string of the molecule is CN(CC(C)(C)O)c1ncc(C(F)(F)F)cc1Cl. The number of alkyl halides is 3. The summed E-state index contributed by atoms with van der Waals surface area (Å²) in [7, 11) is 1.60. The van der Waals surface area contributed by atoms with Gasteiger partial charge in [0.2, 0.25) is 0 Å². The normalized spacial score (nSPS) is 12.7. The van der Waals surface area contributed by atoms with Crippen LogP contribution in [-0.2, 0) is 6.18 Å². The van der Waals surface area contributed by atoms with Gasteiger partial charge in [0.1, 0.15) is 5.82 Å². The van der Waals surface area contributed by atoms with Crippen LogP contribution in [0.4, 0.5) is 19.0 Å². The van der Waals surface area contributed by atoms with E-state index in [4.69, 9.17) is 11.6 Å². The van der Waals surface area contributed by atoms with Gasteiger partial charge in [-0.3, -0.25) is 0 Å². The van der Waals surface area contributed by atoms with E-state index in [9.17, 15) is 18.3 Å². The van der Waals surface area contributed by atoms with Crippen molar-refractivity contribution in [3.63, 3.8) is 0 Å². The Balaban J connectivity index is 2.99. The molecule has 0 bridgehead atoms. The highest BCUT2D eigenvalue weighted by Gasteiger charge is 2.32. The number of likely N-dealkylation sites (N-methyl/N-ethyl adjacent to an activating group) is 1. The van der Waals surface area contributed by atoms with E-state index < -0.39 is 17.3 Å². The van der Waals surface area contributed by atoms with Crippen LogP contribution in [0.1, 0.15) is 19.4 Å². The maximum atomic E-state index is 12.4. The highest BCUT2D eigenvalue weighted by atomic mass is 35.5. The zero-order valence-corrected chi connectivity index (χ0v) is 11.0. The maximum Gasteiger partial charge on any atom is 0.417 e. The summed E-state index contributed by atoms with van der Waals surface area (Å²) in [6.45, 7) is 3.37. The van der Waals surface area contributed by atoms with Crippen molar-refractivity contribution in [1.29, 1.82) is 0 Å². The highest BCUT2D eigenvalue weighted by Crippen LogP contribution is 2.33. The minimum atomic E-state index is -4.47. The predicted molar refractivity (Wildman–Crippen MR) is 63.8 cm³/mol. The van der Waals surface area contributed by atoms with Crippen molar-refractivity contribution >= 4 is 17.4 Å². The second-order valence-electron chi connectivity index (χ2n) is 4.70. The second kappa shape index (κ2) is 4.93. The fourth-order valence-electron chi connectivity index (χ4n) is 1.52. The largest absolute Gasteiger partial charge is 0.417 e. The van der Waals surface area contributed by atoms with Gasteiger partial charge >= 0.3 is 6.18 Å². The van der Waals surface area contributed by atoms with Crippen LogP contribution in [0, 0.1) is 0 Å². The molecule has 7 heteroatoms. The molecule has 0 aromatic carbocycles. The van der Waals surface area contributed by atoms with Gasteiger partial charge < -0.3 is 10.0 Å². The van der Waals surface area contributed by atoms with E-state index in [1.54, 1.807) is 20.9 Å². The quantitative estimate of drug-likeness (QED) is 0.926. The fourth-order valence-corrected chi connectivity index (χ4v) is 1.83. The van der Waals surface area contributed by atoms with E-state index in [1.165, 1.54) is 4.90 Å². The number of aromatic nitrogens is 1. The summed E-state index contributed by atoms with van der Waals surface area (Å²) in [6, 6.07) is 0.824. The molecule has 18 heavy (non-hydrogen) atoms. The zero-order chi connectivity index (χ0) is 14.1. The maximum absolute atomic E-state index is 12.4. The van der Waals surface area contributed by atoms with Crippen LogP contribution in [0.5, 0.6) is 0 Å². The van der Waals surface area contributed by atoms with E-state index in [0.717, 1.165) is 12.3 Å². The molecule has 3 nitrogen and oxygen atoms in total. The van der Waals surface area contributed by atoms with Gasteiger partial charge in [-0.25, -0.2) is 4.98 Å². The highest BCUT2D eigenvalue weighted by molar-refractivity contribution is 6.33. The van der Waals surface area contributed by atoms with Crippen molar-refractivity contribution in [3.8, 4) is 0 Å². The van der Waals surface area contributed by atoms with Gasteiger partial charge in [0, 0.05) is 19.8 Å². The van der Waals surface area contributed by atoms with Crippen molar-refractivity contribution in [2.24, 2.45) is 0 Å². The number of anilines is 1. The summed E-state index contributed by atoms with van der Waals surface area (Å²) in [4.78, 5) is 5.19. The second-order valence-corrected chi connectivity index (χ2v) is 5.10. The smallest absolute Gasteiger partial charge is 0.389 e. The zero-order valence-electron chi connectivity index (χ0n) is 10.2. The number of halogens is 4.